The second kappa shape index (κ2) is 4.57. The molecule has 0 aromatic heterocycles. The van der Waals surface area contributed by atoms with E-state index in [0.29, 0.717) is 11.5 Å². The fourth-order valence-electron chi connectivity index (χ4n) is 5.79. The smallest absolute Gasteiger partial charge is 0.0831 e. The van der Waals surface area contributed by atoms with Gasteiger partial charge in [-0.3, -0.25) is 4.90 Å². The summed E-state index contributed by atoms with van der Waals surface area (Å²) in [4.78, 5) is 2.74. The minimum Gasteiger partial charge on any atom is -0.369 e. The highest BCUT2D eigenvalue weighted by molar-refractivity contribution is 5.21. The zero-order chi connectivity index (χ0) is 14.7. The molecule has 4 rings (SSSR count). The first-order valence-corrected chi connectivity index (χ1v) is 8.47. The zero-order valence-electron chi connectivity index (χ0n) is 13.5. The van der Waals surface area contributed by atoms with E-state index in [0.717, 1.165) is 25.0 Å². The maximum absolute atomic E-state index is 6.50. The molecule has 2 heterocycles. The van der Waals surface area contributed by atoms with Crippen LogP contribution in [0.25, 0.3) is 0 Å². The van der Waals surface area contributed by atoms with Gasteiger partial charge in [0, 0.05) is 24.5 Å². The van der Waals surface area contributed by atoms with Crippen molar-refractivity contribution in [2.75, 3.05) is 13.1 Å². The Morgan fingerprint density at radius 2 is 1.95 bits per heavy atom. The first-order valence-electron chi connectivity index (χ1n) is 8.47. The van der Waals surface area contributed by atoms with Crippen molar-refractivity contribution in [1.82, 2.24) is 4.90 Å². The summed E-state index contributed by atoms with van der Waals surface area (Å²) in [6.45, 7) is 10.4. The number of ether oxygens (including phenoxy) is 1. The highest BCUT2D eigenvalue weighted by atomic mass is 16.5. The Bertz CT molecular complexity index is 530. The van der Waals surface area contributed by atoms with Crippen molar-refractivity contribution >= 4 is 0 Å². The van der Waals surface area contributed by atoms with Gasteiger partial charge in [0.2, 0.25) is 0 Å². The van der Waals surface area contributed by atoms with Crippen molar-refractivity contribution in [1.29, 1.82) is 0 Å². The normalized spacial score (nSPS) is 45.2. The van der Waals surface area contributed by atoms with Crippen LogP contribution in [0.4, 0.5) is 0 Å². The van der Waals surface area contributed by atoms with Crippen molar-refractivity contribution < 1.29 is 4.74 Å². The fourth-order valence-corrected chi connectivity index (χ4v) is 5.79. The van der Waals surface area contributed by atoms with Crippen molar-refractivity contribution in [3.8, 4) is 0 Å². The van der Waals surface area contributed by atoms with Crippen molar-refractivity contribution in [3.05, 3.63) is 35.9 Å². The second-order valence-corrected chi connectivity index (χ2v) is 7.91. The average molecular weight is 285 g/mol. The highest BCUT2D eigenvalue weighted by Gasteiger charge is 2.67. The molecule has 114 valence electrons. The predicted molar refractivity (Wildman–Crippen MR) is 85.0 cm³/mol. The summed E-state index contributed by atoms with van der Waals surface area (Å²) in [5.74, 6) is 2.44. The van der Waals surface area contributed by atoms with Crippen LogP contribution in [0.2, 0.25) is 0 Å². The fraction of sp³-hybridized carbons (Fsp3) is 0.684. The van der Waals surface area contributed by atoms with Crippen LogP contribution < -0.4 is 0 Å². The van der Waals surface area contributed by atoms with Crippen LogP contribution in [0.5, 0.6) is 0 Å². The Morgan fingerprint density at radius 3 is 2.71 bits per heavy atom. The van der Waals surface area contributed by atoms with Crippen LogP contribution in [-0.4, -0.2) is 29.1 Å². The summed E-state index contributed by atoms with van der Waals surface area (Å²) < 4.78 is 6.50. The molecular weight excluding hydrogens is 258 g/mol. The molecule has 3 aliphatic rings. The molecule has 0 radical (unpaired) electrons. The van der Waals surface area contributed by atoms with Crippen LogP contribution in [0.3, 0.4) is 0 Å². The monoisotopic (exact) mass is 285 g/mol. The number of benzene rings is 1. The SMILES string of the molecule is C[C@@H]1CN2C[C@@](C)(OCc3ccccc3)[C@H]3CC[C@@H]1[C@]32C. The summed E-state index contributed by atoms with van der Waals surface area (Å²) in [6.07, 6.45) is 2.73. The minimum atomic E-state index is 0.0273. The van der Waals surface area contributed by atoms with Gasteiger partial charge >= 0.3 is 0 Å². The molecule has 3 fully saturated rings. The lowest BCUT2D eigenvalue weighted by Gasteiger charge is -2.36. The van der Waals surface area contributed by atoms with Crippen LogP contribution in [0, 0.1) is 17.8 Å². The molecule has 1 aliphatic carbocycles. The second-order valence-electron chi connectivity index (χ2n) is 7.91. The van der Waals surface area contributed by atoms with Gasteiger partial charge in [0.25, 0.3) is 0 Å². The molecule has 1 aromatic rings. The topological polar surface area (TPSA) is 12.5 Å². The van der Waals surface area contributed by atoms with Gasteiger partial charge in [0.15, 0.2) is 0 Å². The molecule has 1 saturated carbocycles. The van der Waals surface area contributed by atoms with Gasteiger partial charge in [-0.2, -0.15) is 0 Å². The van der Waals surface area contributed by atoms with Crippen molar-refractivity contribution in [2.45, 2.75) is 51.4 Å². The van der Waals surface area contributed by atoms with Crippen LogP contribution >= 0.6 is 0 Å². The summed E-state index contributed by atoms with van der Waals surface area (Å²) in [5, 5.41) is 0. The van der Waals surface area contributed by atoms with E-state index in [1.54, 1.807) is 0 Å². The Labute approximate surface area is 128 Å². The maximum Gasteiger partial charge on any atom is 0.0831 e. The summed E-state index contributed by atoms with van der Waals surface area (Å²) >= 11 is 0. The number of hydrogen-bond acceptors (Lipinski definition) is 2. The van der Waals surface area contributed by atoms with E-state index in [4.69, 9.17) is 4.74 Å². The molecular formula is C19H27NO. The molecule has 0 N–H and O–H groups in total. The minimum absolute atomic E-state index is 0.0273. The molecule has 1 aromatic carbocycles. The van der Waals surface area contributed by atoms with E-state index in [1.807, 2.05) is 0 Å². The Kier molecular flexibility index (Phi) is 3.00. The van der Waals surface area contributed by atoms with E-state index in [2.05, 4.69) is 56.0 Å². The van der Waals surface area contributed by atoms with Gasteiger partial charge in [0.05, 0.1) is 12.2 Å². The maximum atomic E-state index is 6.50. The number of hydrogen-bond donors (Lipinski definition) is 0. The molecule has 2 saturated heterocycles. The average Bonchev–Trinajstić information content (AvgIpc) is 3.02. The Balaban J connectivity index is 1.54. The molecule has 21 heavy (non-hydrogen) atoms. The lowest BCUT2D eigenvalue weighted by molar-refractivity contribution is -0.0672. The van der Waals surface area contributed by atoms with Crippen LogP contribution in [-0.2, 0) is 11.3 Å². The van der Waals surface area contributed by atoms with Gasteiger partial charge in [-0.15, -0.1) is 0 Å². The summed E-state index contributed by atoms with van der Waals surface area (Å²) in [6, 6.07) is 10.6. The molecule has 0 bridgehead atoms. The molecule has 0 amide bonds. The largest absolute Gasteiger partial charge is 0.369 e. The summed E-state index contributed by atoms with van der Waals surface area (Å²) in [7, 11) is 0. The van der Waals surface area contributed by atoms with E-state index in [9.17, 15) is 0 Å². The third kappa shape index (κ3) is 1.85. The number of rotatable bonds is 3. The molecule has 2 aliphatic heterocycles. The van der Waals surface area contributed by atoms with Crippen LogP contribution in [0.1, 0.15) is 39.2 Å². The van der Waals surface area contributed by atoms with E-state index >= 15 is 0 Å². The standard InChI is InChI=1S/C19H27NO/c1-14-11-20-13-18(2,17-10-9-16(14)19(17,20)3)21-12-15-7-5-4-6-8-15/h4-8,14,16-17H,9-13H2,1-3H3/t14-,16+,17-,18-,19-/m1/s1. The van der Waals surface area contributed by atoms with Gasteiger partial charge in [-0.1, -0.05) is 37.3 Å². The summed E-state index contributed by atoms with van der Waals surface area (Å²) in [5.41, 5.74) is 1.71. The number of nitrogens with zero attached hydrogens (tertiary/aromatic N) is 1. The van der Waals surface area contributed by atoms with Gasteiger partial charge < -0.3 is 4.74 Å². The lowest BCUT2D eigenvalue weighted by Crippen LogP contribution is -2.43. The van der Waals surface area contributed by atoms with Crippen LogP contribution in [0.15, 0.2) is 30.3 Å². The first kappa shape index (κ1) is 13.8. The van der Waals surface area contributed by atoms with Gasteiger partial charge in [-0.25, -0.2) is 0 Å². The van der Waals surface area contributed by atoms with Crippen molar-refractivity contribution in [2.24, 2.45) is 17.8 Å². The Hall–Kier alpha value is -0.860. The lowest BCUT2D eigenvalue weighted by atomic mass is 9.77. The van der Waals surface area contributed by atoms with E-state index in [1.165, 1.54) is 24.9 Å². The first-order chi connectivity index (χ1) is 10.0. The Morgan fingerprint density at radius 1 is 1.19 bits per heavy atom. The third-order valence-corrected chi connectivity index (χ3v) is 6.75. The van der Waals surface area contributed by atoms with Crippen molar-refractivity contribution in [3.63, 3.8) is 0 Å². The molecule has 0 unspecified atom stereocenters. The highest BCUT2D eigenvalue weighted by Crippen LogP contribution is 2.61. The molecule has 5 atom stereocenters. The van der Waals surface area contributed by atoms with E-state index in [-0.39, 0.29) is 5.60 Å². The van der Waals surface area contributed by atoms with Gasteiger partial charge in [0.1, 0.15) is 0 Å². The van der Waals surface area contributed by atoms with E-state index < -0.39 is 0 Å². The predicted octanol–water partition coefficient (Wildman–Crippen LogP) is 3.71. The third-order valence-electron chi connectivity index (χ3n) is 6.75. The zero-order valence-corrected chi connectivity index (χ0v) is 13.5. The molecule has 2 nitrogen and oxygen atoms in total. The quantitative estimate of drug-likeness (QED) is 0.839. The van der Waals surface area contributed by atoms with Gasteiger partial charge in [-0.05, 0) is 44.1 Å². The molecule has 2 heteroatoms. The molecule has 0 spiro atoms.